The smallest absolute Gasteiger partial charge is 0.270 e. The molecule has 0 amide bonds. The Morgan fingerprint density at radius 2 is 1.58 bits per heavy atom. The number of aryl methyl sites for hydroxylation is 1. The van der Waals surface area contributed by atoms with Gasteiger partial charge in [-0.15, -0.1) is 17.4 Å². The van der Waals surface area contributed by atoms with Gasteiger partial charge in [0.25, 0.3) is 10.0 Å². The SMILES string of the molecule is Cc1ccc(S(=O)(=O)N(C#C[Si](C)(C)C)CCC#CCCOCc2ccccc2)cc1. The van der Waals surface area contributed by atoms with E-state index in [2.05, 4.69) is 43.1 Å². The molecule has 0 radical (unpaired) electrons. The molecule has 0 fully saturated rings. The maximum Gasteiger partial charge on any atom is 0.270 e. The first-order valence-electron chi connectivity index (χ1n) is 10.4. The molecule has 0 aliphatic carbocycles. The van der Waals surface area contributed by atoms with Gasteiger partial charge in [0.05, 0.1) is 24.7 Å². The molecule has 0 heterocycles. The highest BCUT2D eigenvalue weighted by molar-refractivity contribution is 7.89. The Hall–Kier alpha value is -2.51. The van der Waals surface area contributed by atoms with E-state index in [0.717, 1.165) is 11.1 Å². The first-order chi connectivity index (χ1) is 14.7. The van der Waals surface area contributed by atoms with Crippen molar-refractivity contribution in [2.24, 2.45) is 0 Å². The Balaban J connectivity index is 1.94. The van der Waals surface area contributed by atoms with Crippen LogP contribution in [-0.4, -0.2) is 33.9 Å². The van der Waals surface area contributed by atoms with Crippen molar-refractivity contribution in [3.8, 4) is 23.4 Å². The second kappa shape index (κ2) is 11.8. The van der Waals surface area contributed by atoms with Crippen molar-refractivity contribution >= 4 is 18.1 Å². The molecule has 2 aromatic carbocycles. The summed E-state index contributed by atoms with van der Waals surface area (Å²) in [5.74, 6) is 6.11. The van der Waals surface area contributed by atoms with Crippen LogP contribution in [0.4, 0.5) is 0 Å². The van der Waals surface area contributed by atoms with Gasteiger partial charge in [-0.25, -0.2) is 12.7 Å². The van der Waals surface area contributed by atoms with Crippen LogP contribution in [0.1, 0.15) is 24.0 Å². The molecule has 4 nitrogen and oxygen atoms in total. The van der Waals surface area contributed by atoms with Crippen molar-refractivity contribution < 1.29 is 13.2 Å². The first kappa shape index (κ1) is 24.8. The number of nitrogens with zero attached hydrogens (tertiary/aromatic N) is 1. The molecule has 164 valence electrons. The minimum absolute atomic E-state index is 0.242. The maximum absolute atomic E-state index is 13.1. The van der Waals surface area contributed by atoms with Crippen LogP contribution >= 0.6 is 0 Å². The quantitative estimate of drug-likeness (QED) is 0.249. The van der Waals surface area contributed by atoms with E-state index >= 15 is 0 Å². The van der Waals surface area contributed by atoms with Gasteiger partial charge in [0, 0.05) is 18.9 Å². The van der Waals surface area contributed by atoms with E-state index in [1.54, 1.807) is 24.3 Å². The fraction of sp³-hybridized carbons (Fsp3) is 0.360. The van der Waals surface area contributed by atoms with Gasteiger partial charge in [-0.2, -0.15) is 0 Å². The molecule has 2 rings (SSSR count). The van der Waals surface area contributed by atoms with E-state index in [9.17, 15) is 8.42 Å². The summed E-state index contributed by atoms with van der Waals surface area (Å²) in [5.41, 5.74) is 5.31. The van der Waals surface area contributed by atoms with Gasteiger partial charge < -0.3 is 4.74 Å². The van der Waals surface area contributed by atoms with Gasteiger partial charge >= 0.3 is 0 Å². The van der Waals surface area contributed by atoms with E-state index in [1.807, 2.05) is 37.3 Å². The number of hydrogen-bond acceptors (Lipinski definition) is 3. The summed E-state index contributed by atoms with van der Waals surface area (Å²) >= 11 is 0. The predicted octanol–water partition coefficient (Wildman–Crippen LogP) is 4.82. The number of benzene rings is 2. The Kier molecular flexibility index (Phi) is 9.39. The van der Waals surface area contributed by atoms with Crippen molar-refractivity contribution in [1.82, 2.24) is 4.31 Å². The lowest BCUT2D eigenvalue weighted by atomic mass is 10.2. The largest absolute Gasteiger partial charge is 0.376 e. The van der Waals surface area contributed by atoms with E-state index in [4.69, 9.17) is 4.74 Å². The predicted molar refractivity (Wildman–Crippen MR) is 129 cm³/mol. The summed E-state index contributed by atoms with van der Waals surface area (Å²) in [6.07, 6.45) is 1.03. The number of sulfonamides is 1. The standard InChI is InChI=1S/C25H31NO3SSi/c1-23-14-16-25(17-15-23)30(27,28)26(19-21-31(2,3)4)18-10-5-6-11-20-29-22-24-12-8-7-9-13-24/h7-9,12-17H,10-11,18,20,22H2,1-4H3. The van der Waals surface area contributed by atoms with Gasteiger partial charge in [-0.05, 0) is 24.6 Å². The van der Waals surface area contributed by atoms with Gasteiger partial charge in [0.15, 0.2) is 0 Å². The third-order valence-electron chi connectivity index (χ3n) is 4.21. The average molecular weight is 454 g/mol. The third kappa shape index (κ3) is 9.02. The molecular formula is C25H31NO3SSi. The Morgan fingerprint density at radius 1 is 0.935 bits per heavy atom. The highest BCUT2D eigenvalue weighted by atomic mass is 32.2. The molecule has 0 N–H and O–H groups in total. The Morgan fingerprint density at radius 3 is 2.23 bits per heavy atom. The van der Waals surface area contributed by atoms with Gasteiger partial charge in [-0.3, -0.25) is 0 Å². The molecule has 2 aromatic rings. The monoisotopic (exact) mass is 453 g/mol. The summed E-state index contributed by atoms with van der Waals surface area (Å²) in [4.78, 5) is 0.255. The Bertz CT molecular complexity index is 1050. The first-order valence-corrected chi connectivity index (χ1v) is 15.3. The van der Waals surface area contributed by atoms with E-state index in [0.29, 0.717) is 26.1 Å². The summed E-state index contributed by atoms with van der Waals surface area (Å²) in [5, 5.41) is 0. The second-order valence-corrected chi connectivity index (χ2v) is 14.9. The lowest BCUT2D eigenvalue weighted by molar-refractivity contribution is 0.126. The molecule has 0 atom stereocenters. The van der Waals surface area contributed by atoms with E-state index in [1.165, 1.54) is 4.31 Å². The molecule has 31 heavy (non-hydrogen) atoms. The minimum atomic E-state index is -3.68. The normalized spacial score (nSPS) is 11.1. The van der Waals surface area contributed by atoms with Gasteiger partial charge in [-0.1, -0.05) is 67.7 Å². The van der Waals surface area contributed by atoms with Gasteiger partial charge in [0.1, 0.15) is 8.07 Å². The van der Waals surface area contributed by atoms with E-state index < -0.39 is 18.1 Å². The summed E-state index contributed by atoms with van der Waals surface area (Å²) in [7, 11) is -5.41. The summed E-state index contributed by atoms with van der Waals surface area (Å²) in [6.45, 7) is 9.55. The lowest BCUT2D eigenvalue weighted by Crippen LogP contribution is -2.29. The fourth-order valence-electron chi connectivity index (χ4n) is 2.53. The number of ether oxygens (including phenoxy) is 1. The van der Waals surface area contributed by atoms with Crippen LogP contribution in [0.25, 0.3) is 0 Å². The molecule has 0 spiro atoms. The minimum Gasteiger partial charge on any atom is -0.376 e. The van der Waals surface area contributed by atoms with Crippen LogP contribution in [0.3, 0.4) is 0 Å². The van der Waals surface area contributed by atoms with Crippen LogP contribution < -0.4 is 0 Å². The summed E-state index contributed by atoms with van der Waals surface area (Å²) in [6, 6.07) is 19.8. The Labute approximate surface area is 188 Å². The second-order valence-electron chi connectivity index (χ2n) is 8.27. The lowest BCUT2D eigenvalue weighted by Gasteiger charge is -2.18. The van der Waals surface area contributed by atoms with Crippen molar-refractivity contribution in [2.75, 3.05) is 13.2 Å². The third-order valence-corrected chi connectivity index (χ3v) is 6.80. The zero-order chi connectivity index (χ0) is 22.7. The van der Waals surface area contributed by atoms with Crippen LogP contribution in [-0.2, 0) is 21.4 Å². The molecule has 0 saturated carbocycles. The van der Waals surface area contributed by atoms with E-state index in [-0.39, 0.29) is 11.4 Å². The highest BCUT2D eigenvalue weighted by Gasteiger charge is 2.22. The van der Waals surface area contributed by atoms with Gasteiger partial charge in [0.2, 0.25) is 0 Å². The van der Waals surface area contributed by atoms with Crippen molar-refractivity contribution in [1.29, 1.82) is 0 Å². The van der Waals surface area contributed by atoms with Crippen molar-refractivity contribution in [3.05, 3.63) is 65.7 Å². The molecular weight excluding hydrogens is 422 g/mol. The van der Waals surface area contributed by atoms with Crippen LogP contribution in [0.2, 0.25) is 19.6 Å². The average Bonchev–Trinajstić information content (AvgIpc) is 2.72. The summed E-state index contributed by atoms with van der Waals surface area (Å²) < 4.78 is 33.0. The van der Waals surface area contributed by atoms with Crippen LogP contribution in [0, 0.1) is 30.4 Å². The molecule has 0 saturated heterocycles. The molecule has 6 heteroatoms. The number of rotatable bonds is 8. The molecule has 0 unspecified atom stereocenters. The molecule has 0 aliphatic rings. The maximum atomic E-state index is 13.1. The molecule has 0 aromatic heterocycles. The molecule has 0 aliphatic heterocycles. The van der Waals surface area contributed by atoms with Crippen LogP contribution in [0.5, 0.6) is 0 Å². The van der Waals surface area contributed by atoms with Crippen LogP contribution in [0.15, 0.2) is 59.5 Å². The van der Waals surface area contributed by atoms with Crippen molar-refractivity contribution in [2.45, 2.75) is 50.9 Å². The number of hydrogen-bond donors (Lipinski definition) is 0. The van der Waals surface area contributed by atoms with Crippen molar-refractivity contribution in [3.63, 3.8) is 0 Å². The fourth-order valence-corrected chi connectivity index (χ4v) is 4.31. The molecule has 0 bridgehead atoms. The zero-order valence-corrected chi connectivity index (χ0v) is 20.6. The highest BCUT2D eigenvalue weighted by Crippen LogP contribution is 2.16. The topological polar surface area (TPSA) is 46.6 Å². The zero-order valence-electron chi connectivity index (χ0n) is 18.8.